The second-order valence-electron chi connectivity index (χ2n) is 6.31. The van der Waals surface area contributed by atoms with Gasteiger partial charge in [0, 0.05) is 5.69 Å². The summed E-state index contributed by atoms with van der Waals surface area (Å²) in [7, 11) is 3.92. The van der Waals surface area contributed by atoms with Crippen LogP contribution in [0.15, 0.2) is 53.5 Å². The molecule has 0 aliphatic rings. The summed E-state index contributed by atoms with van der Waals surface area (Å²) in [4.78, 5) is 6.40. The van der Waals surface area contributed by atoms with Crippen LogP contribution in [0.5, 0.6) is 5.75 Å². The number of rotatable bonds is 6. The fraction of sp³-hybridized carbons (Fsp3) is 0.316. The minimum Gasteiger partial charge on any atom is -0.406 e. The van der Waals surface area contributed by atoms with Gasteiger partial charge in [-0.3, -0.25) is 4.99 Å². The van der Waals surface area contributed by atoms with Gasteiger partial charge in [-0.2, -0.15) is 0 Å². The molecule has 3 N–H and O–H groups in total. The Hall–Kier alpha value is -2.74. The third-order valence-corrected chi connectivity index (χ3v) is 3.88. The van der Waals surface area contributed by atoms with Crippen molar-refractivity contribution in [3.05, 3.63) is 59.7 Å². The molecule has 5 nitrogen and oxygen atoms in total. The van der Waals surface area contributed by atoms with Crippen molar-refractivity contribution in [2.45, 2.75) is 19.3 Å². The van der Waals surface area contributed by atoms with Gasteiger partial charge in [-0.05, 0) is 50.8 Å². The first-order chi connectivity index (χ1) is 12.6. The molecule has 0 saturated carbocycles. The number of hydrogen-bond acceptors (Lipinski definition) is 3. The second kappa shape index (κ2) is 8.77. The number of nitrogens with two attached hydrogens (primary N) is 1. The maximum absolute atomic E-state index is 12.2. The SMILES string of the molecule is Cc1ccc(C(CN=C(N)Nc2ccc(OC(F)(F)F)cc2)N(C)C)cc1. The first-order valence-corrected chi connectivity index (χ1v) is 8.30. The van der Waals surface area contributed by atoms with Gasteiger partial charge >= 0.3 is 6.36 Å². The van der Waals surface area contributed by atoms with E-state index in [1.165, 1.54) is 29.8 Å². The van der Waals surface area contributed by atoms with Crippen LogP contribution in [0.1, 0.15) is 17.2 Å². The molecular formula is C19H23F3N4O. The molecule has 2 rings (SSSR count). The monoisotopic (exact) mass is 380 g/mol. The number of hydrogen-bond donors (Lipinski definition) is 2. The number of guanidine groups is 1. The van der Waals surface area contributed by atoms with Crippen LogP contribution in [0, 0.1) is 6.92 Å². The summed E-state index contributed by atoms with van der Waals surface area (Å²) in [6.07, 6.45) is -4.72. The van der Waals surface area contributed by atoms with E-state index in [0.29, 0.717) is 12.2 Å². The highest BCUT2D eigenvalue weighted by Crippen LogP contribution is 2.24. The topological polar surface area (TPSA) is 62.9 Å². The van der Waals surface area contributed by atoms with Crippen molar-refractivity contribution in [1.82, 2.24) is 4.90 Å². The predicted molar refractivity (Wildman–Crippen MR) is 101 cm³/mol. The van der Waals surface area contributed by atoms with E-state index < -0.39 is 6.36 Å². The van der Waals surface area contributed by atoms with E-state index in [9.17, 15) is 13.2 Å². The molecule has 146 valence electrons. The molecule has 27 heavy (non-hydrogen) atoms. The number of anilines is 1. The molecule has 0 amide bonds. The number of alkyl halides is 3. The number of nitrogens with one attached hydrogen (secondary N) is 1. The van der Waals surface area contributed by atoms with E-state index in [1.54, 1.807) is 0 Å². The van der Waals surface area contributed by atoms with Crippen molar-refractivity contribution in [3.63, 3.8) is 0 Å². The van der Waals surface area contributed by atoms with Crippen LogP contribution in [0.25, 0.3) is 0 Å². The van der Waals surface area contributed by atoms with Crippen molar-refractivity contribution in [2.75, 3.05) is 26.0 Å². The minimum atomic E-state index is -4.72. The first kappa shape index (κ1) is 20.6. The van der Waals surface area contributed by atoms with Gasteiger partial charge in [-0.25, -0.2) is 0 Å². The normalized spacial score (nSPS) is 13.5. The number of aryl methyl sites for hydroxylation is 1. The lowest BCUT2D eigenvalue weighted by atomic mass is 10.0. The number of benzene rings is 2. The largest absolute Gasteiger partial charge is 0.573 e. The highest BCUT2D eigenvalue weighted by atomic mass is 19.4. The number of ether oxygens (including phenoxy) is 1. The van der Waals surface area contributed by atoms with E-state index in [1.807, 2.05) is 38.1 Å². The van der Waals surface area contributed by atoms with Crippen LogP contribution in [0.4, 0.5) is 18.9 Å². The Balaban J connectivity index is 2.00. The molecule has 0 bridgehead atoms. The van der Waals surface area contributed by atoms with Gasteiger partial charge in [-0.15, -0.1) is 13.2 Å². The third kappa shape index (κ3) is 6.82. The Morgan fingerprint density at radius 2 is 1.70 bits per heavy atom. The Bertz CT molecular complexity index is 756. The number of aliphatic imine (C=N–C) groups is 1. The summed E-state index contributed by atoms with van der Waals surface area (Å²) < 4.78 is 40.4. The average molecular weight is 380 g/mol. The van der Waals surface area contributed by atoms with Crippen molar-refractivity contribution in [2.24, 2.45) is 10.7 Å². The molecule has 0 aromatic heterocycles. The van der Waals surface area contributed by atoms with Gasteiger partial charge in [0.15, 0.2) is 5.96 Å². The van der Waals surface area contributed by atoms with E-state index in [-0.39, 0.29) is 17.8 Å². The fourth-order valence-electron chi connectivity index (χ4n) is 2.47. The standard InChI is InChI=1S/C19H23F3N4O/c1-13-4-6-14(7-5-13)17(26(2)3)12-24-18(23)25-15-8-10-16(11-9-15)27-19(20,21)22/h4-11,17H,12H2,1-3H3,(H3,23,24,25). The van der Waals surface area contributed by atoms with Gasteiger partial charge in [0.1, 0.15) is 5.75 Å². The van der Waals surface area contributed by atoms with E-state index in [0.717, 1.165) is 5.56 Å². The summed E-state index contributed by atoms with van der Waals surface area (Å²) in [5.41, 5.74) is 8.72. The minimum absolute atomic E-state index is 0.0495. The Morgan fingerprint density at radius 3 is 2.22 bits per heavy atom. The molecule has 2 aromatic carbocycles. The molecular weight excluding hydrogens is 357 g/mol. The molecule has 0 heterocycles. The van der Waals surface area contributed by atoms with Crippen LogP contribution < -0.4 is 15.8 Å². The van der Waals surface area contributed by atoms with Gasteiger partial charge in [0.05, 0.1) is 12.6 Å². The zero-order valence-corrected chi connectivity index (χ0v) is 15.4. The summed E-state index contributed by atoms with van der Waals surface area (Å²) in [6, 6.07) is 13.5. The zero-order chi connectivity index (χ0) is 20.0. The lowest BCUT2D eigenvalue weighted by Crippen LogP contribution is -2.27. The van der Waals surface area contributed by atoms with Crippen molar-refractivity contribution >= 4 is 11.6 Å². The molecule has 0 aliphatic carbocycles. The highest BCUT2D eigenvalue weighted by molar-refractivity contribution is 5.92. The van der Waals surface area contributed by atoms with Gasteiger partial charge < -0.3 is 20.7 Å². The van der Waals surface area contributed by atoms with Crippen LogP contribution in [0.3, 0.4) is 0 Å². The molecule has 8 heteroatoms. The highest BCUT2D eigenvalue weighted by Gasteiger charge is 2.30. The summed E-state index contributed by atoms with van der Waals surface area (Å²) in [5.74, 6) is -0.117. The van der Waals surface area contributed by atoms with Crippen molar-refractivity contribution in [1.29, 1.82) is 0 Å². The van der Waals surface area contributed by atoms with E-state index >= 15 is 0 Å². The third-order valence-electron chi connectivity index (χ3n) is 3.88. The van der Waals surface area contributed by atoms with Crippen LogP contribution >= 0.6 is 0 Å². The van der Waals surface area contributed by atoms with Crippen LogP contribution in [-0.4, -0.2) is 37.9 Å². The average Bonchev–Trinajstić information content (AvgIpc) is 2.57. The summed E-state index contributed by atoms with van der Waals surface area (Å²) in [5, 5.41) is 2.86. The maximum atomic E-state index is 12.2. The Labute approximate surface area is 156 Å². The van der Waals surface area contributed by atoms with Gasteiger partial charge in [0.25, 0.3) is 0 Å². The lowest BCUT2D eigenvalue weighted by molar-refractivity contribution is -0.274. The van der Waals surface area contributed by atoms with Gasteiger partial charge in [0.2, 0.25) is 0 Å². The van der Waals surface area contributed by atoms with Crippen molar-refractivity contribution in [3.8, 4) is 5.75 Å². The van der Waals surface area contributed by atoms with Crippen LogP contribution in [0.2, 0.25) is 0 Å². The predicted octanol–water partition coefficient (Wildman–Crippen LogP) is 3.92. The molecule has 0 fully saturated rings. The number of nitrogens with zero attached hydrogens (tertiary/aromatic N) is 2. The maximum Gasteiger partial charge on any atom is 0.573 e. The molecule has 2 aromatic rings. The van der Waals surface area contributed by atoms with Gasteiger partial charge in [-0.1, -0.05) is 29.8 Å². The number of likely N-dealkylation sites (N-methyl/N-ethyl adjacent to an activating group) is 1. The Kier molecular flexibility index (Phi) is 6.68. The quantitative estimate of drug-likeness (QED) is 0.589. The van der Waals surface area contributed by atoms with Crippen molar-refractivity contribution < 1.29 is 17.9 Å². The van der Waals surface area contributed by atoms with Crippen LogP contribution in [-0.2, 0) is 0 Å². The molecule has 0 aliphatic heterocycles. The second-order valence-corrected chi connectivity index (χ2v) is 6.31. The Morgan fingerprint density at radius 1 is 1.11 bits per heavy atom. The molecule has 1 unspecified atom stereocenters. The smallest absolute Gasteiger partial charge is 0.406 e. The molecule has 0 radical (unpaired) electrons. The van der Waals surface area contributed by atoms with E-state index in [4.69, 9.17) is 5.73 Å². The first-order valence-electron chi connectivity index (χ1n) is 8.30. The summed E-state index contributed by atoms with van der Waals surface area (Å²) >= 11 is 0. The number of halogens is 3. The fourth-order valence-corrected chi connectivity index (χ4v) is 2.47. The lowest BCUT2D eigenvalue weighted by Gasteiger charge is -2.23. The zero-order valence-electron chi connectivity index (χ0n) is 15.4. The molecule has 0 spiro atoms. The summed E-state index contributed by atoms with van der Waals surface area (Å²) in [6.45, 7) is 2.46. The van der Waals surface area contributed by atoms with E-state index in [2.05, 4.69) is 27.2 Å². The molecule has 1 atom stereocenters. The molecule has 0 saturated heterocycles.